The Hall–Kier alpha value is -3.65. The average Bonchev–Trinajstić information content (AvgIpc) is 3.44. The van der Waals surface area contributed by atoms with Crippen LogP contribution in [0, 0.1) is 5.41 Å². The number of benzene rings is 2. The Balaban J connectivity index is 1.70. The van der Waals surface area contributed by atoms with Crippen molar-refractivity contribution in [1.82, 2.24) is 19.6 Å². The second-order valence-corrected chi connectivity index (χ2v) is 11.0. The maximum atomic E-state index is 12.1. The zero-order valence-electron chi connectivity index (χ0n) is 22.7. The van der Waals surface area contributed by atoms with Crippen LogP contribution in [0.1, 0.15) is 45.9 Å². The molecule has 196 valence electrons. The second kappa shape index (κ2) is 10.4. The standard InChI is InChI=1S/C29H36N4O4/c1-28(2,3)19-36-24-13-9-10-20(14-24)25-15-23(18-37-29(4,5)27(34)35-7)31-33(25)17-22-12-8-11-21-16-30-32(6)26(21)22/h8-16H,17-19H2,1-7H3. The first-order chi connectivity index (χ1) is 17.5. The molecule has 0 atom stereocenters. The van der Waals surface area contributed by atoms with Crippen LogP contribution in [0.2, 0.25) is 0 Å². The highest BCUT2D eigenvalue weighted by Crippen LogP contribution is 2.29. The first kappa shape index (κ1) is 26.4. The zero-order valence-corrected chi connectivity index (χ0v) is 22.7. The van der Waals surface area contributed by atoms with E-state index < -0.39 is 11.6 Å². The number of carbonyl (C=O) groups excluding carboxylic acids is 1. The van der Waals surface area contributed by atoms with E-state index in [1.165, 1.54) is 7.11 Å². The van der Waals surface area contributed by atoms with Crippen molar-refractivity contribution in [2.75, 3.05) is 13.7 Å². The molecule has 2 aromatic heterocycles. The first-order valence-electron chi connectivity index (χ1n) is 12.4. The van der Waals surface area contributed by atoms with Crippen LogP contribution in [0.3, 0.4) is 0 Å². The Bertz CT molecular complexity index is 1390. The third-order valence-corrected chi connectivity index (χ3v) is 6.05. The number of methoxy groups -OCH3 is 1. The van der Waals surface area contributed by atoms with E-state index in [1.54, 1.807) is 13.8 Å². The van der Waals surface area contributed by atoms with Gasteiger partial charge in [-0.05, 0) is 43.0 Å². The molecule has 0 spiro atoms. The largest absolute Gasteiger partial charge is 0.493 e. The third kappa shape index (κ3) is 6.20. The van der Waals surface area contributed by atoms with Crippen molar-refractivity contribution in [3.05, 3.63) is 66.0 Å². The molecule has 4 aromatic rings. The number of esters is 1. The van der Waals surface area contributed by atoms with Gasteiger partial charge in [-0.3, -0.25) is 9.36 Å². The highest BCUT2D eigenvalue weighted by Gasteiger charge is 2.30. The summed E-state index contributed by atoms with van der Waals surface area (Å²) in [6.07, 6.45) is 1.87. The van der Waals surface area contributed by atoms with E-state index in [1.807, 2.05) is 59.0 Å². The van der Waals surface area contributed by atoms with Gasteiger partial charge in [-0.25, -0.2) is 4.79 Å². The molecule has 2 aromatic carbocycles. The predicted octanol–water partition coefficient (Wildman–Crippen LogP) is 5.38. The van der Waals surface area contributed by atoms with Crippen molar-refractivity contribution in [3.8, 4) is 17.0 Å². The summed E-state index contributed by atoms with van der Waals surface area (Å²) in [5, 5.41) is 10.4. The van der Waals surface area contributed by atoms with Crippen molar-refractivity contribution in [2.24, 2.45) is 12.5 Å². The number of para-hydroxylation sites is 1. The predicted molar refractivity (Wildman–Crippen MR) is 143 cm³/mol. The minimum atomic E-state index is -1.08. The number of nitrogens with zero attached hydrogens (tertiary/aromatic N) is 4. The molecule has 0 unspecified atom stereocenters. The molecule has 4 rings (SSSR count). The number of carbonyl (C=O) groups is 1. The Kier molecular flexibility index (Phi) is 7.41. The average molecular weight is 505 g/mol. The molecule has 0 aliphatic rings. The lowest BCUT2D eigenvalue weighted by molar-refractivity contribution is -0.166. The summed E-state index contributed by atoms with van der Waals surface area (Å²) in [5.74, 6) is 0.372. The van der Waals surface area contributed by atoms with Gasteiger partial charge >= 0.3 is 5.97 Å². The number of hydrogen-bond acceptors (Lipinski definition) is 6. The van der Waals surface area contributed by atoms with Gasteiger partial charge in [-0.2, -0.15) is 10.2 Å². The van der Waals surface area contributed by atoms with E-state index >= 15 is 0 Å². The SMILES string of the molecule is COC(=O)C(C)(C)OCc1cc(-c2cccc(OCC(C)(C)C)c2)n(Cc2cccc3cnn(C)c23)n1. The van der Waals surface area contributed by atoms with E-state index in [0.717, 1.165) is 33.5 Å². The third-order valence-electron chi connectivity index (χ3n) is 6.05. The van der Waals surface area contributed by atoms with Crippen LogP contribution < -0.4 is 4.74 Å². The van der Waals surface area contributed by atoms with E-state index in [9.17, 15) is 4.79 Å². The maximum Gasteiger partial charge on any atom is 0.337 e. The molecule has 0 radical (unpaired) electrons. The molecule has 8 nitrogen and oxygen atoms in total. The summed E-state index contributed by atoms with van der Waals surface area (Å²) in [6, 6.07) is 16.2. The highest BCUT2D eigenvalue weighted by molar-refractivity contribution is 5.82. The molecule has 0 saturated carbocycles. The molecule has 0 N–H and O–H groups in total. The van der Waals surface area contributed by atoms with Crippen LogP contribution in [-0.2, 0) is 34.5 Å². The van der Waals surface area contributed by atoms with Crippen molar-refractivity contribution in [3.63, 3.8) is 0 Å². The number of hydrogen-bond donors (Lipinski definition) is 0. The smallest absolute Gasteiger partial charge is 0.337 e. The van der Waals surface area contributed by atoms with Crippen molar-refractivity contribution in [1.29, 1.82) is 0 Å². The number of aryl methyl sites for hydroxylation is 1. The number of ether oxygens (including phenoxy) is 3. The number of rotatable bonds is 9. The zero-order chi connectivity index (χ0) is 26.8. The molecule has 0 amide bonds. The summed E-state index contributed by atoms with van der Waals surface area (Å²) in [6.45, 7) is 11.1. The fourth-order valence-electron chi connectivity index (χ4n) is 4.10. The topological polar surface area (TPSA) is 80.4 Å². The lowest BCUT2D eigenvalue weighted by Gasteiger charge is -2.21. The summed E-state index contributed by atoms with van der Waals surface area (Å²) in [4.78, 5) is 12.1. The summed E-state index contributed by atoms with van der Waals surface area (Å²) in [5.41, 5.74) is 3.76. The van der Waals surface area contributed by atoms with E-state index in [4.69, 9.17) is 19.3 Å². The molecule has 0 saturated heterocycles. The molecule has 0 aliphatic carbocycles. The fourth-order valence-corrected chi connectivity index (χ4v) is 4.10. The van der Waals surface area contributed by atoms with Crippen LogP contribution in [0.15, 0.2) is 54.7 Å². The second-order valence-electron chi connectivity index (χ2n) is 11.0. The van der Waals surface area contributed by atoms with Crippen LogP contribution in [0.4, 0.5) is 0 Å². The normalized spacial score (nSPS) is 12.2. The molecular weight excluding hydrogens is 468 g/mol. The van der Waals surface area contributed by atoms with Crippen molar-refractivity contribution >= 4 is 16.9 Å². The monoisotopic (exact) mass is 504 g/mol. The van der Waals surface area contributed by atoms with Gasteiger partial charge in [0.1, 0.15) is 5.75 Å². The molecular formula is C29H36N4O4. The van der Waals surface area contributed by atoms with Crippen LogP contribution >= 0.6 is 0 Å². The van der Waals surface area contributed by atoms with Gasteiger partial charge in [0.15, 0.2) is 5.60 Å². The Labute approximate surface area is 218 Å². The minimum absolute atomic E-state index is 0.0521. The Morgan fingerprint density at radius 3 is 2.51 bits per heavy atom. The number of aromatic nitrogens is 4. The van der Waals surface area contributed by atoms with Crippen LogP contribution in [0.5, 0.6) is 5.75 Å². The fraction of sp³-hybridized carbons (Fsp3) is 0.414. The first-order valence-corrected chi connectivity index (χ1v) is 12.4. The lowest BCUT2D eigenvalue weighted by atomic mass is 9.99. The van der Waals surface area contributed by atoms with Crippen LogP contribution in [0.25, 0.3) is 22.2 Å². The molecule has 0 fully saturated rings. The number of fused-ring (bicyclic) bond motifs is 1. The van der Waals surface area contributed by atoms with Gasteiger partial charge in [-0.15, -0.1) is 0 Å². The van der Waals surface area contributed by atoms with Crippen molar-refractivity contribution in [2.45, 2.75) is 53.4 Å². The van der Waals surface area contributed by atoms with Gasteiger partial charge in [0, 0.05) is 18.0 Å². The quantitative estimate of drug-likeness (QED) is 0.285. The van der Waals surface area contributed by atoms with Crippen LogP contribution in [-0.4, -0.2) is 44.8 Å². The van der Waals surface area contributed by atoms with Gasteiger partial charge in [0.25, 0.3) is 0 Å². The molecule has 37 heavy (non-hydrogen) atoms. The molecule has 0 aliphatic heterocycles. The maximum absolute atomic E-state index is 12.1. The Morgan fingerprint density at radius 1 is 1.03 bits per heavy atom. The highest BCUT2D eigenvalue weighted by atomic mass is 16.6. The van der Waals surface area contributed by atoms with Gasteiger partial charge < -0.3 is 14.2 Å². The van der Waals surface area contributed by atoms with Crippen molar-refractivity contribution < 1.29 is 19.0 Å². The summed E-state index contributed by atoms with van der Waals surface area (Å²) >= 11 is 0. The van der Waals surface area contributed by atoms with Gasteiger partial charge in [0.05, 0.1) is 50.0 Å². The van der Waals surface area contributed by atoms with Gasteiger partial charge in [-0.1, -0.05) is 51.1 Å². The van der Waals surface area contributed by atoms with E-state index in [-0.39, 0.29) is 12.0 Å². The molecule has 2 heterocycles. The summed E-state index contributed by atoms with van der Waals surface area (Å²) in [7, 11) is 3.30. The van der Waals surface area contributed by atoms with E-state index in [2.05, 4.69) is 38.0 Å². The summed E-state index contributed by atoms with van der Waals surface area (Å²) < 4.78 is 20.7. The molecule has 0 bridgehead atoms. The van der Waals surface area contributed by atoms with Gasteiger partial charge in [0.2, 0.25) is 0 Å². The minimum Gasteiger partial charge on any atom is -0.493 e. The lowest BCUT2D eigenvalue weighted by Crippen LogP contribution is -2.35. The van der Waals surface area contributed by atoms with E-state index in [0.29, 0.717) is 18.8 Å². The molecule has 8 heteroatoms. The Morgan fingerprint density at radius 2 is 1.78 bits per heavy atom.